The fourth-order valence-corrected chi connectivity index (χ4v) is 4.36. The van der Waals surface area contributed by atoms with Crippen LogP contribution in [0.4, 0.5) is 0 Å². The van der Waals surface area contributed by atoms with Gasteiger partial charge in [0.1, 0.15) is 5.75 Å². The summed E-state index contributed by atoms with van der Waals surface area (Å²) in [6, 6.07) is 6.10. The van der Waals surface area contributed by atoms with E-state index in [2.05, 4.69) is 36.4 Å². The Balaban J connectivity index is 1.68. The number of hydrogen-bond acceptors (Lipinski definition) is 6. The zero-order chi connectivity index (χ0) is 18.1. The van der Waals surface area contributed by atoms with E-state index in [0.717, 1.165) is 50.3 Å². The molecule has 2 aromatic carbocycles. The third-order valence-electron chi connectivity index (χ3n) is 5.52. The number of fused-ring (bicyclic) bond motifs is 7. The lowest BCUT2D eigenvalue weighted by molar-refractivity contribution is 0.173. The summed E-state index contributed by atoms with van der Waals surface area (Å²) in [5.74, 6) is 3.87. The van der Waals surface area contributed by atoms with Gasteiger partial charge in [-0.15, -0.1) is 0 Å². The summed E-state index contributed by atoms with van der Waals surface area (Å²) in [4.78, 5) is 2.20. The predicted octanol–water partition coefficient (Wildman–Crippen LogP) is 1.75. The van der Waals surface area contributed by atoms with Crippen molar-refractivity contribution in [2.24, 2.45) is 0 Å². The summed E-state index contributed by atoms with van der Waals surface area (Å²) in [5.41, 5.74) is 3.48. The molecular formula is C21H17NO5. The van der Waals surface area contributed by atoms with Gasteiger partial charge in [-0.1, -0.05) is 12.2 Å². The molecule has 0 aromatic heterocycles. The van der Waals surface area contributed by atoms with Crippen LogP contribution in [0, 0.1) is 0 Å². The molecule has 0 bridgehead atoms. The van der Waals surface area contributed by atoms with Crippen molar-refractivity contribution in [1.82, 2.24) is 4.90 Å². The Morgan fingerprint density at radius 3 is 2.59 bits per heavy atom. The van der Waals surface area contributed by atoms with Gasteiger partial charge < -0.3 is 28.6 Å². The van der Waals surface area contributed by atoms with E-state index in [1.54, 1.807) is 7.11 Å². The average molecular weight is 363 g/mol. The van der Waals surface area contributed by atoms with Crippen molar-refractivity contribution in [2.75, 3.05) is 27.7 Å². The Kier molecular flexibility index (Phi) is 2.82. The molecule has 6 rings (SSSR count). The van der Waals surface area contributed by atoms with Crippen LogP contribution in [-0.4, -0.2) is 32.6 Å². The number of rotatable bonds is 1. The van der Waals surface area contributed by atoms with Crippen LogP contribution in [0.15, 0.2) is 24.3 Å². The van der Waals surface area contributed by atoms with Gasteiger partial charge in [-0.3, -0.25) is 0 Å². The molecule has 2 aromatic rings. The molecule has 3 heterocycles. The van der Waals surface area contributed by atoms with Crippen LogP contribution >= 0.6 is 0 Å². The second-order valence-electron chi connectivity index (χ2n) is 6.92. The summed E-state index contributed by atoms with van der Waals surface area (Å²) in [5, 5.41) is 2.04. The maximum Gasteiger partial charge on any atom is 0.231 e. The van der Waals surface area contributed by atoms with E-state index in [9.17, 15) is 0 Å². The topological polar surface area (TPSA) is 49.4 Å². The highest BCUT2D eigenvalue weighted by Crippen LogP contribution is 2.44. The molecule has 27 heavy (non-hydrogen) atoms. The lowest BCUT2D eigenvalue weighted by atomic mass is 9.84. The van der Waals surface area contributed by atoms with E-state index in [4.69, 9.17) is 23.7 Å². The molecule has 136 valence electrons. The molecular weight excluding hydrogens is 346 g/mol. The Labute approximate surface area is 155 Å². The molecule has 1 atom stereocenters. The first-order chi connectivity index (χ1) is 13.2. The van der Waals surface area contributed by atoms with Crippen molar-refractivity contribution in [2.45, 2.75) is 6.04 Å². The molecule has 0 saturated carbocycles. The summed E-state index contributed by atoms with van der Waals surface area (Å²) in [7, 11) is 3.76. The van der Waals surface area contributed by atoms with Gasteiger partial charge in [0.2, 0.25) is 13.6 Å². The highest BCUT2D eigenvalue weighted by molar-refractivity contribution is 5.82. The van der Waals surface area contributed by atoms with Crippen LogP contribution < -0.4 is 34.1 Å². The lowest BCUT2D eigenvalue weighted by Crippen LogP contribution is -2.41. The monoisotopic (exact) mass is 363 g/mol. The molecule has 4 aliphatic rings. The third-order valence-corrected chi connectivity index (χ3v) is 5.52. The van der Waals surface area contributed by atoms with E-state index in [-0.39, 0.29) is 19.6 Å². The summed E-state index contributed by atoms with van der Waals surface area (Å²) in [6.45, 7) is 0.499. The number of nitrogens with zero attached hydrogens (tertiary/aromatic N) is 1. The number of hydrogen-bond donors (Lipinski definition) is 0. The maximum atomic E-state index is 5.74. The maximum absolute atomic E-state index is 5.74. The first kappa shape index (κ1) is 14.8. The molecule has 0 amide bonds. The summed E-state index contributed by atoms with van der Waals surface area (Å²) >= 11 is 0. The molecule has 6 heteroatoms. The van der Waals surface area contributed by atoms with Gasteiger partial charge in [0, 0.05) is 29.8 Å². The molecule has 0 saturated heterocycles. The molecule has 0 radical (unpaired) electrons. The average Bonchev–Trinajstić information content (AvgIpc) is 3.33. The smallest absolute Gasteiger partial charge is 0.231 e. The van der Waals surface area contributed by atoms with Crippen molar-refractivity contribution in [3.8, 4) is 28.7 Å². The highest BCUT2D eigenvalue weighted by Gasteiger charge is 2.32. The predicted molar refractivity (Wildman–Crippen MR) is 98.3 cm³/mol. The van der Waals surface area contributed by atoms with Crippen LogP contribution in [0.2, 0.25) is 0 Å². The molecule has 1 aliphatic carbocycles. The van der Waals surface area contributed by atoms with Crippen molar-refractivity contribution >= 4 is 17.8 Å². The second kappa shape index (κ2) is 5.13. The van der Waals surface area contributed by atoms with Gasteiger partial charge in [0.05, 0.1) is 13.2 Å². The minimum atomic E-state index is 0.0567. The van der Waals surface area contributed by atoms with Gasteiger partial charge in [-0.05, 0) is 28.8 Å². The molecule has 0 N–H and O–H groups in total. The SMILES string of the molecule is COc1cc2c(c3c1=C1C=Cc4cc5c(cc4C1N(C)C=3)OCO5)OCO2. The first-order valence-corrected chi connectivity index (χ1v) is 8.81. The van der Waals surface area contributed by atoms with E-state index >= 15 is 0 Å². The molecule has 1 unspecified atom stereocenters. The van der Waals surface area contributed by atoms with Crippen molar-refractivity contribution in [3.05, 3.63) is 45.8 Å². The Hall–Kier alpha value is -3.28. The van der Waals surface area contributed by atoms with E-state index in [1.165, 1.54) is 5.56 Å². The van der Waals surface area contributed by atoms with Crippen LogP contribution in [0.25, 0.3) is 17.8 Å². The first-order valence-electron chi connectivity index (χ1n) is 8.81. The van der Waals surface area contributed by atoms with Gasteiger partial charge >= 0.3 is 0 Å². The normalized spacial score (nSPS) is 20.0. The minimum Gasteiger partial charge on any atom is -0.496 e. The fourth-order valence-electron chi connectivity index (χ4n) is 4.36. The van der Waals surface area contributed by atoms with Crippen LogP contribution in [0.5, 0.6) is 28.7 Å². The van der Waals surface area contributed by atoms with Gasteiger partial charge in [-0.2, -0.15) is 0 Å². The van der Waals surface area contributed by atoms with Crippen molar-refractivity contribution in [3.63, 3.8) is 0 Å². The van der Waals surface area contributed by atoms with Crippen LogP contribution in [0.3, 0.4) is 0 Å². The summed E-state index contributed by atoms with van der Waals surface area (Å²) in [6.07, 6.45) is 6.38. The summed E-state index contributed by atoms with van der Waals surface area (Å²) < 4.78 is 28.2. The van der Waals surface area contributed by atoms with Gasteiger partial charge in [0.15, 0.2) is 23.0 Å². The largest absolute Gasteiger partial charge is 0.496 e. The number of methoxy groups -OCH3 is 1. The fraction of sp³-hybridized carbons (Fsp3) is 0.238. The zero-order valence-electron chi connectivity index (χ0n) is 14.9. The van der Waals surface area contributed by atoms with E-state index < -0.39 is 0 Å². The van der Waals surface area contributed by atoms with Gasteiger partial charge in [0.25, 0.3) is 0 Å². The Morgan fingerprint density at radius 2 is 1.74 bits per heavy atom. The number of benzene rings is 2. The highest BCUT2D eigenvalue weighted by atomic mass is 16.7. The van der Waals surface area contributed by atoms with Crippen LogP contribution in [0.1, 0.15) is 17.2 Å². The molecule has 6 nitrogen and oxygen atoms in total. The second-order valence-corrected chi connectivity index (χ2v) is 6.92. The molecule has 3 aliphatic heterocycles. The van der Waals surface area contributed by atoms with E-state index in [0.29, 0.717) is 0 Å². The number of ether oxygens (including phenoxy) is 5. The van der Waals surface area contributed by atoms with Crippen molar-refractivity contribution < 1.29 is 23.7 Å². The van der Waals surface area contributed by atoms with Crippen molar-refractivity contribution in [1.29, 1.82) is 0 Å². The quantitative estimate of drug-likeness (QED) is 0.770. The standard InChI is InChI=1S/C21H17NO5/c1-22-8-14-19(17(23-2)7-18-21(14)27-10-26-18)12-4-3-11-5-15-16(25-9-24-15)6-13(11)20(12)22/h3-8,20H,9-10H2,1-2H3. The van der Waals surface area contributed by atoms with Gasteiger partial charge in [-0.25, -0.2) is 0 Å². The molecule has 0 spiro atoms. The third kappa shape index (κ3) is 1.90. The lowest BCUT2D eigenvalue weighted by Gasteiger charge is -2.35. The zero-order valence-corrected chi connectivity index (χ0v) is 14.9. The molecule has 0 fully saturated rings. The minimum absolute atomic E-state index is 0.0567. The Morgan fingerprint density at radius 1 is 0.963 bits per heavy atom. The van der Waals surface area contributed by atoms with E-state index in [1.807, 2.05) is 12.1 Å². The van der Waals surface area contributed by atoms with Crippen LogP contribution in [-0.2, 0) is 0 Å². The Bertz CT molecular complexity index is 1150.